The van der Waals surface area contributed by atoms with Crippen LogP contribution in [0.5, 0.6) is 11.5 Å². The van der Waals surface area contributed by atoms with Gasteiger partial charge in [-0.15, -0.1) is 0 Å². The Labute approximate surface area is 199 Å². The number of rotatable bonds is 4. The zero-order valence-electron chi connectivity index (χ0n) is 21.0. The lowest BCUT2D eigenvalue weighted by atomic mass is 9.57. The van der Waals surface area contributed by atoms with Crippen LogP contribution in [0.1, 0.15) is 78.5 Å². The monoisotopic (exact) mass is 442 g/mol. The molecule has 3 aromatic rings. The predicted octanol–water partition coefficient (Wildman–Crippen LogP) is 7.79. The van der Waals surface area contributed by atoms with E-state index in [4.69, 9.17) is 0 Å². The molecular weight excluding hydrogens is 404 g/mol. The predicted molar refractivity (Wildman–Crippen MR) is 137 cm³/mol. The van der Waals surface area contributed by atoms with Gasteiger partial charge in [0.25, 0.3) is 0 Å². The number of aromatic hydroxyl groups is 2. The molecule has 1 saturated carbocycles. The summed E-state index contributed by atoms with van der Waals surface area (Å²) in [5.74, 6) is 1.39. The summed E-state index contributed by atoms with van der Waals surface area (Å²) in [6.07, 6.45) is 4.39. The molecule has 0 unspecified atom stereocenters. The van der Waals surface area contributed by atoms with E-state index in [-0.39, 0.29) is 10.8 Å². The van der Waals surface area contributed by atoms with Crippen molar-refractivity contribution in [2.45, 2.75) is 78.1 Å². The molecule has 1 aliphatic rings. The van der Waals surface area contributed by atoms with Gasteiger partial charge in [0, 0.05) is 5.41 Å². The van der Waals surface area contributed by atoms with Gasteiger partial charge in [-0.05, 0) is 104 Å². The van der Waals surface area contributed by atoms with E-state index >= 15 is 0 Å². The van der Waals surface area contributed by atoms with Gasteiger partial charge >= 0.3 is 0 Å². The molecule has 0 spiro atoms. The molecule has 0 heterocycles. The third-order valence-electron chi connectivity index (χ3n) is 8.46. The van der Waals surface area contributed by atoms with Crippen LogP contribution in [0.25, 0.3) is 0 Å². The smallest absolute Gasteiger partial charge is 0.121 e. The van der Waals surface area contributed by atoms with Crippen molar-refractivity contribution in [1.82, 2.24) is 0 Å². The minimum absolute atomic E-state index is 0.115. The highest BCUT2D eigenvalue weighted by molar-refractivity contribution is 5.52. The molecule has 0 amide bonds. The van der Waals surface area contributed by atoms with Gasteiger partial charge in [-0.25, -0.2) is 0 Å². The zero-order chi connectivity index (χ0) is 24.0. The molecule has 1 fully saturated rings. The SMILES string of the molecule is Cc1cc(C2(c3cc(C)c(O)c(C)c3)CCC(C(C)(C)c3ccccc3)CC2)cc(C)c1O. The number of hydrogen-bond donors (Lipinski definition) is 2. The average Bonchev–Trinajstić information content (AvgIpc) is 2.81. The van der Waals surface area contributed by atoms with Crippen molar-refractivity contribution >= 4 is 0 Å². The van der Waals surface area contributed by atoms with Gasteiger partial charge in [0.1, 0.15) is 11.5 Å². The van der Waals surface area contributed by atoms with Crippen LogP contribution in [-0.4, -0.2) is 10.2 Å². The highest BCUT2D eigenvalue weighted by atomic mass is 16.3. The Morgan fingerprint density at radius 3 is 1.48 bits per heavy atom. The maximum atomic E-state index is 10.4. The van der Waals surface area contributed by atoms with Crippen LogP contribution in [-0.2, 0) is 10.8 Å². The molecule has 0 bridgehead atoms. The zero-order valence-corrected chi connectivity index (χ0v) is 21.0. The van der Waals surface area contributed by atoms with Crippen molar-refractivity contribution in [3.05, 3.63) is 93.5 Å². The van der Waals surface area contributed by atoms with Crippen LogP contribution in [0.15, 0.2) is 54.6 Å². The van der Waals surface area contributed by atoms with Crippen molar-refractivity contribution < 1.29 is 10.2 Å². The first kappa shape index (κ1) is 23.4. The minimum Gasteiger partial charge on any atom is -0.507 e. The summed E-state index contributed by atoms with van der Waals surface area (Å²) in [4.78, 5) is 0. The molecule has 2 nitrogen and oxygen atoms in total. The molecule has 0 saturated heterocycles. The fourth-order valence-corrected chi connectivity index (χ4v) is 6.14. The summed E-state index contributed by atoms with van der Waals surface area (Å²) in [5, 5.41) is 20.9. The number of phenolic OH excluding ortho intramolecular Hbond substituents is 2. The lowest BCUT2D eigenvalue weighted by Gasteiger charge is -2.46. The molecule has 2 N–H and O–H groups in total. The summed E-state index contributed by atoms with van der Waals surface area (Å²) in [7, 11) is 0. The van der Waals surface area contributed by atoms with Crippen LogP contribution < -0.4 is 0 Å². The summed E-state index contributed by atoms with van der Waals surface area (Å²) in [6, 6.07) is 19.7. The molecule has 33 heavy (non-hydrogen) atoms. The second kappa shape index (κ2) is 8.56. The number of phenols is 2. The first-order valence-electron chi connectivity index (χ1n) is 12.2. The van der Waals surface area contributed by atoms with E-state index < -0.39 is 0 Å². The van der Waals surface area contributed by atoms with Crippen molar-refractivity contribution in [2.24, 2.45) is 5.92 Å². The Balaban J connectivity index is 1.78. The van der Waals surface area contributed by atoms with E-state index in [1.54, 1.807) is 0 Å². The van der Waals surface area contributed by atoms with Crippen molar-refractivity contribution in [3.8, 4) is 11.5 Å². The fourth-order valence-electron chi connectivity index (χ4n) is 6.14. The first-order chi connectivity index (χ1) is 15.6. The average molecular weight is 443 g/mol. The van der Waals surface area contributed by atoms with E-state index in [0.717, 1.165) is 47.9 Å². The van der Waals surface area contributed by atoms with Crippen LogP contribution in [0, 0.1) is 33.6 Å². The van der Waals surface area contributed by atoms with Gasteiger partial charge in [0.05, 0.1) is 0 Å². The molecule has 0 aliphatic heterocycles. The number of hydrogen-bond acceptors (Lipinski definition) is 2. The molecule has 0 radical (unpaired) electrons. The summed E-state index contributed by atoms with van der Waals surface area (Å²) < 4.78 is 0. The maximum Gasteiger partial charge on any atom is 0.121 e. The van der Waals surface area contributed by atoms with Crippen LogP contribution >= 0.6 is 0 Å². The quantitative estimate of drug-likeness (QED) is 0.433. The lowest BCUT2D eigenvalue weighted by Crippen LogP contribution is -2.39. The van der Waals surface area contributed by atoms with Crippen molar-refractivity contribution in [3.63, 3.8) is 0 Å². The molecule has 2 heteroatoms. The first-order valence-corrected chi connectivity index (χ1v) is 12.2. The lowest BCUT2D eigenvalue weighted by molar-refractivity contribution is 0.188. The minimum atomic E-state index is -0.115. The maximum absolute atomic E-state index is 10.4. The normalized spacial score (nSPS) is 16.7. The number of aryl methyl sites for hydroxylation is 4. The molecule has 3 aromatic carbocycles. The van der Waals surface area contributed by atoms with Crippen LogP contribution in [0.4, 0.5) is 0 Å². The Kier molecular flexibility index (Phi) is 6.07. The standard InChI is InChI=1S/C31H38O2/c1-20-16-26(17-21(2)28(20)32)31(27-18-22(3)29(33)23(4)19-27)14-12-25(13-15-31)30(5,6)24-10-8-7-9-11-24/h7-11,16-19,25,32-33H,12-15H2,1-6H3. The van der Waals surface area contributed by atoms with Gasteiger partial charge in [-0.3, -0.25) is 0 Å². The van der Waals surface area contributed by atoms with Gasteiger partial charge in [0.2, 0.25) is 0 Å². The van der Waals surface area contributed by atoms with E-state index in [0.29, 0.717) is 17.4 Å². The second-order valence-electron chi connectivity index (χ2n) is 10.9. The third kappa shape index (κ3) is 4.05. The van der Waals surface area contributed by atoms with Crippen LogP contribution in [0.2, 0.25) is 0 Å². The van der Waals surface area contributed by atoms with Gasteiger partial charge in [0.15, 0.2) is 0 Å². The Morgan fingerprint density at radius 2 is 1.09 bits per heavy atom. The Bertz CT molecular complexity index is 1040. The Hall–Kier alpha value is -2.74. The fraction of sp³-hybridized carbons (Fsp3) is 0.419. The van der Waals surface area contributed by atoms with E-state index in [9.17, 15) is 10.2 Å². The largest absolute Gasteiger partial charge is 0.507 e. The molecule has 0 aromatic heterocycles. The molecule has 174 valence electrons. The molecule has 4 rings (SSSR count). The van der Waals surface area contributed by atoms with E-state index in [1.165, 1.54) is 16.7 Å². The van der Waals surface area contributed by atoms with Crippen molar-refractivity contribution in [2.75, 3.05) is 0 Å². The van der Waals surface area contributed by atoms with Gasteiger partial charge in [-0.2, -0.15) is 0 Å². The summed E-state index contributed by atoms with van der Waals surface area (Å²) in [6.45, 7) is 12.8. The van der Waals surface area contributed by atoms with Crippen LogP contribution in [0.3, 0.4) is 0 Å². The second-order valence-corrected chi connectivity index (χ2v) is 10.9. The summed E-state index contributed by atoms with van der Waals surface area (Å²) >= 11 is 0. The van der Waals surface area contributed by atoms with E-state index in [2.05, 4.69) is 68.4 Å². The highest BCUT2D eigenvalue weighted by Crippen LogP contribution is 2.52. The molecule has 0 atom stereocenters. The molecular formula is C31H38O2. The van der Waals surface area contributed by atoms with Gasteiger partial charge < -0.3 is 10.2 Å². The topological polar surface area (TPSA) is 40.5 Å². The van der Waals surface area contributed by atoms with E-state index in [1.807, 2.05) is 27.7 Å². The highest BCUT2D eigenvalue weighted by Gasteiger charge is 2.43. The number of benzene rings is 3. The van der Waals surface area contributed by atoms with Gasteiger partial charge in [-0.1, -0.05) is 68.4 Å². The summed E-state index contributed by atoms with van der Waals surface area (Å²) in [5.41, 5.74) is 7.73. The Morgan fingerprint density at radius 1 is 0.697 bits per heavy atom. The van der Waals surface area contributed by atoms with Crippen molar-refractivity contribution in [1.29, 1.82) is 0 Å². The third-order valence-corrected chi connectivity index (χ3v) is 8.46. The molecule has 1 aliphatic carbocycles.